The number of sulfone groups is 1. The normalized spacial score (nSPS) is 25.6. The fraction of sp³-hybridized carbons (Fsp3) is 0.917. The van der Waals surface area contributed by atoms with Gasteiger partial charge in [0.25, 0.3) is 0 Å². The third kappa shape index (κ3) is 4.74. The summed E-state index contributed by atoms with van der Waals surface area (Å²) in [7, 11) is -2.94. The van der Waals surface area contributed by atoms with Crippen molar-refractivity contribution in [2.75, 3.05) is 57.3 Å². The molecule has 0 aliphatic carbocycles. The topological polar surface area (TPSA) is 69.7 Å². The van der Waals surface area contributed by atoms with Gasteiger partial charge in [0.15, 0.2) is 9.84 Å². The fourth-order valence-electron chi connectivity index (χ4n) is 2.54. The molecule has 0 spiro atoms. The van der Waals surface area contributed by atoms with Crippen LogP contribution in [0.25, 0.3) is 0 Å². The highest BCUT2D eigenvalue weighted by Gasteiger charge is 2.23. The molecule has 2 aliphatic heterocycles. The number of hydrogen-bond acceptors (Lipinski definition) is 5. The van der Waals surface area contributed by atoms with Gasteiger partial charge in [-0.1, -0.05) is 0 Å². The summed E-state index contributed by atoms with van der Waals surface area (Å²) in [5, 5.41) is 3.30. The Bertz CT molecular complexity index is 402. The smallest absolute Gasteiger partial charge is 0.236 e. The van der Waals surface area contributed by atoms with Crippen molar-refractivity contribution in [2.45, 2.75) is 12.8 Å². The summed E-state index contributed by atoms with van der Waals surface area (Å²) >= 11 is 0. The first-order valence-electron chi connectivity index (χ1n) is 6.98. The first-order chi connectivity index (χ1) is 9.07. The second kappa shape index (κ2) is 6.67. The average molecular weight is 289 g/mol. The number of rotatable bonds is 2. The second-order valence-electron chi connectivity index (χ2n) is 5.27. The van der Waals surface area contributed by atoms with Crippen LogP contribution in [0.1, 0.15) is 12.8 Å². The van der Waals surface area contributed by atoms with Crippen LogP contribution in [-0.2, 0) is 14.6 Å². The molecule has 0 aromatic heterocycles. The van der Waals surface area contributed by atoms with E-state index in [0.717, 1.165) is 32.6 Å². The predicted molar refractivity (Wildman–Crippen MR) is 73.8 cm³/mol. The lowest BCUT2D eigenvalue weighted by Crippen LogP contribution is -2.42. The van der Waals surface area contributed by atoms with Crippen molar-refractivity contribution in [3.8, 4) is 0 Å². The van der Waals surface area contributed by atoms with E-state index in [-0.39, 0.29) is 17.4 Å². The molecule has 0 atom stereocenters. The molecule has 2 saturated heterocycles. The van der Waals surface area contributed by atoms with Crippen LogP contribution in [0.2, 0.25) is 0 Å². The lowest BCUT2D eigenvalue weighted by atomic mass is 10.3. The van der Waals surface area contributed by atoms with Crippen molar-refractivity contribution in [3.63, 3.8) is 0 Å². The second-order valence-corrected chi connectivity index (χ2v) is 7.57. The molecule has 110 valence electrons. The molecule has 1 amide bonds. The Labute approximate surface area is 115 Å². The summed E-state index contributed by atoms with van der Waals surface area (Å²) in [6.45, 7) is 5.09. The Balaban J connectivity index is 1.85. The first-order valence-corrected chi connectivity index (χ1v) is 8.80. The van der Waals surface area contributed by atoms with Gasteiger partial charge in [-0.05, 0) is 25.9 Å². The zero-order valence-corrected chi connectivity index (χ0v) is 12.1. The first kappa shape index (κ1) is 14.7. The van der Waals surface area contributed by atoms with Crippen LogP contribution in [0, 0.1) is 0 Å². The Morgan fingerprint density at radius 3 is 2.68 bits per heavy atom. The third-order valence-corrected chi connectivity index (χ3v) is 5.42. The average Bonchev–Trinajstić information content (AvgIpc) is 2.69. The van der Waals surface area contributed by atoms with Crippen LogP contribution in [0.5, 0.6) is 0 Å². The van der Waals surface area contributed by atoms with E-state index in [1.807, 2.05) is 0 Å². The van der Waals surface area contributed by atoms with E-state index < -0.39 is 9.84 Å². The summed E-state index contributed by atoms with van der Waals surface area (Å²) in [6, 6.07) is 0. The summed E-state index contributed by atoms with van der Waals surface area (Å²) in [5.41, 5.74) is 0. The van der Waals surface area contributed by atoms with Gasteiger partial charge in [0, 0.05) is 26.2 Å². The van der Waals surface area contributed by atoms with Crippen molar-refractivity contribution < 1.29 is 13.2 Å². The van der Waals surface area contributed by atoms with Crippen molar-refractivity contribution >= 4 is 15.7 Å². The minimum Gasteiger partial charge on any atom is -0.341 e. The van der Waals surface area contributed by atoms with Crippen LogP contribution >= 0.6 is 0 Å². The van der Waals surface area contributed by atoms with E-state index in [9.17, 15) is 13.2 Å². The Kier molecular flexibility index (Phi) is 5.18. The number of nitrogens with zero attached hydrogens (tertiary/aromatic N) is 2. The van der Waals surface area contributed by atoms with Crippen LogP contribution in [0.3, 0.4) is 0 Å². The Morgan fingerprint density at radius 1 is 1.00 bits per heavy atom. The molecule has 0 bridgehead atoms. The molecule has 2 aliphatic rings. The monoisotopic (exact) mass is 289 g/mol. The van der Waals surface area contributed by atoms with Crippen molar-refractivity contribution in [1.29, 1.82) is 0 Å². The van der Waals surface area contributed by atoms with E-state index in [1.165, 1.54) is 0 Å². The van der Waals surface area contributed by atoms with Gasteiger partial charge >= 0.3 is 0 Å². The zero-order chi connectivity index (χ0) is 13.7. The third-order valence-electron chi connectivity index (χ3n) is 3.70. The standard InChI is InChI=1S/C12H23N3O3S/c16-12(11-14-5-1-3-13-4-7-14)15-6-2-9-19(17,18)10-8-15/h13H,1-11H2. The molecular formula is C12H23N3O3S. The predicted octanol–water partition coefficient (Wildman–Crippen LogP) is -1.07. The number of amides is 1. The van der Waals surface area contributed by atoms with E-state index in [0.29, 0.717) is 26.1 Å². The largest absolute Gasteiger partial charge is 0.341 e. The summed E-state index contributed by atoms with van der Waals surface area (Å²) in [6.07, 6.45) is 1.62. The molecule has 7 heteroatoms. The molecule has 2 fully saturated rings. The molecule has 1 N–H and O–H groups in total. The summed E-state index contributed by atoms with van der Waals surface area (Å²) in [5.74, 6) is 0.393. The van der Waals surface area contributed by atoms with Crippen molar-refractivity contribution in [3.05, 3.63) is 0 Å². The highest BCUT2D eigenvalue weighted by atomic mass is 32.2. The fourth-order valence-corrected chi connectivity index (χ4v) is 3.81. The highest BCUT2D eigenvalue weighted by molar-refractivity contribution is 7.91. The minimum absolute atomic E-state index is 0.0685. The molecule has 2 rings (SSSR count). The maximum absolute atomic E-state index is 12.2. The Morgan fingerprint density at radius 2 is 1.84 bits per heavy atom. The number of nitrogens with one attached hydrogen (secondary N) is 1. The summed E-state index contributed by atoms with van der Waals surface area (Å²) in [4.78, 5) is 16.1. The van der Waals surface area contributed by atoms with Crippen LogP contribution in [0.15, 0.2) is 0 Å². The van der Waals surface area contributed by atoms with Crippen molar-refractivity contribution in [2.24, 2.45) is 0 Å². The van der Waals surface area contributed by atoms with Crippen LogP contribution in [-0.4, -0.2) is 81.4 Å². The number of carbonyl (C=O) groups excluding carboxylic acids is 1. The Hall–Kier alpha value is -0.660. The minimum atomic E-state index is -2.94. The molecule has 0 unspecified atom stereocenters. The van der Waals surface area contributed by atoms with Gasteiger partial charge in [-0.3, -0.25) is 9.69 Å². The van der Waals surface area contributed by atoms with Crippen LogP contribution < -0.4 is 5.32 Å². The van der Waals surface area contributed by atoms with E-state index in [4.69, 9.17) is 0 Å². The molecule has 0 aromatic carbocycles. The van der Waals surface area contributed by atoms with Gasteiger partial charge in [0.1, 0.15) is 0 Å². The molecule has 6 nitrogen and oxygen atoms in total. The quantitative estimate of drug-likeness (QED) is 0.701. The van der Waals surface area contributed by atoms with E-state index in [1.54, 1.807) is 4.90 Å². The molecule has 19 heavy (non-hydrogen) atoms. The number of carbonyl (C=O) groups is 1. The molecule has 0 radical (unpaired) electrons. The van der Waals surface area contributed by atoms with Gasteiger partial charge in [-0.25, -0.2) is 8.42 Å². The molecular weight excluding hydrogens is 266 g/mol. The lowest BCUT2D eigenvalue weighted by Gasteiger charge is -2.25. The number of hydrogen-bond donors (Lipinski definition) is 1. The summed E-state index contributed by atoms with van der Waals surface area (Å²) < 4.78 is 23.0. The molecule has 2 heterocycles. The lowest BCUT2D eigenvalue weighted by molar-refractivity contribution is -0.132. The molecule has 0 saturated carbocycles. The van der Waals surface area contributed by atoms with E-state index in [2.05, 4.69) is 10.2 Å². The molecule has 0 aromatic rings. The highest BCUT2D eigenvalue weighted by Crippen LogP contribution is 2.06. The van der Waals surface area contributed by atoms with Gasteiger partial charge in [0.2, 0.25) is 5.91 Å². The maximum Gasteiger partial charge on any atom is 0.236 e. The van der Waals surface area contributed by atoms with Crippen molar-refractivity contribution in [1.82, 2.24) is 15.1 Å². The zero-order valence-electron chi connectivity index (χ0n) is 11.3. The van der Waals surface area contributed by atoms with Gasteiger partial charge < -0.3 is 10.2 Å². The van der Waals surface area contributed by atoms with Gasteiger partial charge in [-0.2, -0.15) is 0 Å². The SMILES string of the molecule is O=C(CN1CCCNCC1)N1CCCS(=O)(=O)CC1. The van der Waals surface area contributed by atoms with Crippen LogP contribution in [0.4, 0.5) is 0 Å². The van der Waals surface area contributed by atoms with Gasteiger partial charge in [-0.15, -0.1) is 0 Å². The van der Waals surface area contributed by atoms with E-state index >= 15 is 0 Å². The van der Waals surface area contributed by atoms with Gasteiger partial charge in [0.05, 0.1) is 18.1 Å². The maximum atomic E-state index is 12.2.